The third kappa shape index (κ3) is 35.2. The van der Waals surface area contributed by atoms with Crippen LogP contribution in [0.5, 0.6) is 0 Å². The van der Waals surface area contributed by atoms with Crippen molar-refractivity contribution in [1.82, 2.24) is 5.32 Å². The summed E-state index contributed by atoms with van der Waals surface area (Å²) in [4.78, 5) is 12.6. The van der Waals surface area contributed by atoms with Crippen LogP contribution in [0.4, 0.5) is 0 Å². The molecule has 7 nitrogen and oxygen atoms in total. The van der Waals surface area contributed by atoms with Gasteiger partial charge in [0.25, 0.3) is 10.1 Å². The minimum Gasteiger partial charge on any atom is -0.387 e. The molecule has 0 saturated heterocycles. The van der Waals surface area contributed by atoms with Crippen LogP contribution in [0.3, 0.4) is 0 Å². The second-order valence-corrected chi connectivity index (χ2v) is 16.3. The van der Waals surface area contributed by atoms with Crippen LogP contribution in [-0.2, 0) is 14.9 Å². The van der Waals surface area contributed by atoms with Crippen LogP contribution in [0.15, 0.2) is 24.3 Å². The molecule has 0 aromatic carbocycles. The maximum atomic E-state index is 12.6. The fourth-order valence-electron chi connectivity index (χ4n) is 6.47. The number of allylic oxidation sites excluding steroid dienone is 3. The second-order valence-electron chi connectivity index (χ2n) is 14.8. The van der Waals surface area contributed by atoms with Crippen molar-refractivity contribution in [1.29, 1.82) is 0 Å². The molecule has 4 N–H and O–H groups in total. The number of hydrogen-bond acceptors (Lipinski definition) is 5. The highest BCUT2D eigenvalue weighted by Gasteiger charge is 2.27. The zero-order valence-electron chi connectivity index (χ0n) is 32.6. The van der Waals surface area contributed by atoms with E-state index in [1.165, 1.54) is 154 Å². The SMILES string of the molecule is CCCCCCCCCCCC/C=C/CC/C=C/C(O)C(CS(=O)(=O)O)NC(=O)C(O)CCCCCCCCCCCCCCCCCCC. The average Bonchev–Trinajstić information content (AvgIpc) is 3.08. The third-order valence-electron chi connectivity index (χ3n) is 9.74. The first-order chi connectivity index (χ1) is 24.2. The summed E-state index contributed by atoms with van der Waals surface area (Å²) in [5.74, 6) is -1.55. The molecule has 0 aliphatic heterocycles. The zero-order valence-corrected chi connectivity index (χ0v) is 33.5. The van der Waals surface area contributed by atoms with Crippen LogP contribution in [0.1, 0.15) is 213 Å². The van der Waals surface area contributed by atoms with E-state index in [-0.39, 0.29) is 6.42 Å². The summed E-state index contributed by atoms with van der Waals surface area (Å²) < 4.78 is 32.5. The van der Waals surface area contributed by atoms with E-state index in [0.717, 1.165) is 32.1 Å². The molecule has 1 amide bonds. The summed E-state index contributed by atoms with van der Waals surface area (Å²) in [6, 6.07) is -1.24. The molecule has 0 bridgehead atoms. The topological polar surface area (TPSA) is 124 Å². The average molecular weight is 728 g/mol. The number of rotatable bonds is 38. The Morgan fingerprint density at radius 3 is 1.32 bits per heavy atom. The van der Waals surface area contributed by atoms with Gasteiger partial charge in [-0.25, -0.2) is 0 Å². The minimum absolute atomic E-state index is 0.278. The molecule has 8 heteroatoms. The van der Waals surface area contributed by atoms with Crippen LogP contribution in [0.2, 0.25) is 0 Å². The highest BCUT2D eigenvalue weighted by Crippen LogP contribution is 2.15. The maximum absolute atomic E-state index is 12.6. The summed E-state index contributed by atoms with van der Waals surface area (Å²) in [5.41, 5.74) is 0. The van der Waals surface area contributed by atoms with Gasteiger partial charge in [0.1, 0.15) is 6.10 Å². The largest absolute Gasteiger partial charge is 0.387 e. The van der Waals surface area contributed by atoms with E-state index >= 15 is 0 Å². The molecule has 0 aromatic rings. The first-order valence-electron chi connectivity index (χ1n) is 21.1. The molecule has 296 valence electrons. The molecule has 0 saturated carbocycles. The molecular formula is C42H81NO6S. The molecule has 0 fully saturated rings. The third-order valence-corrected chi connectivity index (χ3v) is 10.5. The van der Waals surface area contributed by atoms with Crippen molar-refractivity contribution in [3.63, 3.8) is 0 Å². The first kappa shape index (κ1) is 48.8. The van der Waals surface area contributed by atoms with Gasteiger partial charge in [0, 0.05) is 0 Å². The van der Waals surface area contributed by atoms with Crippen molar-refractivity contribution in [2.75, 3.05) is 5.75 Å². The van der Waals surface area contributed by atoms with Crippen LogP contribution in [-0.4, -0.2) is 53.1 Å². The summed E-state index contributed by atoms with van der Waals surface area (Å²) >= 11 is 0. The van der Waals surface area contributed by atoms with E-state index in [1.807, 2.05) is 0 Å². The van der Waals surface area contributed by atoms with Gasteiger partial charge in [0.05, 0.1) is 17.9 Å². The van der Waals surface area contributed by atoms with Gasteiger partial charge in [-0.1, -0.05) is 205 Å². The van der Waals surface area contributed by atoms with Crippen molar-refractivity contribution < 1.29 is 28.0 Å². The molecule has 3 atom stereocenters. The maximum Gasteiger partial charge on any atom is 0.267 e. The summed E-state index contributed by atoms with van der Waals surface area (Å²) in [5, 5.41) is 23.4. The number of carbonyl (C=O) groups is 1. The second kappa shape index (κ2) is 36.2. The molecule has 0 spiro atoms. The summed E-state index contributed by atoms with van der Waals surface area (Å²) in [7, 11) is -4.45. The predicted octanol–water partition coefficient (Wildman–Crippen LogP) is 11.3. The molecule has 0 heterocycles. The Morgan fingerprint density at radius 2 is 0.900 bits per heavy atom. The van der Waals surface area contributed by atoms with Crippen molar-refractivity contribution in [2.24, 2.45) is 0 Å². The Hall–Kier alpha value is -1.22. The molecule has 50 heavy (non-hydrogen) atoms. The Morgan fingerprint density at radius 1 is 0.540 bits per heavy atom. The molecule has 0 aliphatic carbocycles. The number of nitrogens with one attached hydrogen (secondary N) is 1. The highest BCUT2D eigenvalue weighted by atomic mass is 32.2. The monoisotopic (exact) mass is 728 g/mol. The molecule has 3 unspecified atom stereocenters. The van der Waals surface area contributed by atoms with Gasteiger partial charge in [-0.15, -0.1) is 0 Å². The number of aliphatic hydroxyl groups is 2. The first-order valence-corrected chi connectivity index (χ1v) is 22.8. The van der Waals surface area contributed by atoms with E-state index in [1.54, 1.807) is 6.08 Å². The van der Waals surface area contributed by atoms with E-state index in [4.69, 9.17) is 0 Å². The fourth-order valence-corrected chi connectivity index (χ4v) is 7.21. The minimum atomic E-state index is -4.45. The molecule has 0 rings (SSSR count). The number of amides is 1. The lowest BCUT2D eigenvalue weighted by molar-refractivity contribution is -0.130. The van der Waals surface area contributed by atoms with Crippen molar-refractivity contribution in [2.45, 2.75) is 231 Å². The van der Waals surface area contributed by atoms with Gasteiger partial charge in [0.15, 0.2) is 0 Å². The lowest BCUT2D eigenvalue weighted by Crippen LogP contribution is -2.50. The van der Waals surface area contributed by atoms with E-state index in [2.05, 4.69) is 31.3 Å². The summed E-state index contributed by atoms with van der Waals surface area (Å²) in [6.07, 6.45) is 42.3. The Kier molecular flexibility index (Phi) is 35.3. The molecule has 0 aliphatic rings. The number of unbranched alkanes of at least 4 members (excludes halogenated alkanes) is 27. The lowest BCUT2D eigenvalue weighted by Gasteiger charge is -2.22. The molecule has 0 radical (unpaired) electrons. The number of aliphatic hydroxyl groups excluding tert-OH is 2. The predicted molar refractivity (Wildman–Crippen MR) is 213 cm³/mol. The molecular weight excluding hydrogens is 647 g/mol. The van der Waals surface area contributed by atoms with Crippen LogP contribution >= 0.6 is 0 Å². The van der Waals surface area contributed by atoms with E-state index in [0.29, 0.717) is 12.8 Å². The van der Waals surface area contributed by atoms with Gasteiger partial charge in [-0.2, -0.15) is 8.42 Å². The van der Waals surface area contributed by atoms with Crippen molar-refractivity contribution in [3.8, 4) is 0 Å². The summed E-state index contributed by atoms with van der Waals surface area (Å²) in [6.45, 7) is 4.51. The lowest BCUT2D eigenvalue weighted by atomic mass is 10.0. The highest BCUT2D eigenvalue weighted by molar-refractivity contribution is 7.85. The van der Waals surface area contributed by atoms with Crippen molar-refractivity contribution in [3.05, 3.63) is 24.3 Å². The number of hydrogen-bond donors (Lipinski definition) is 4. The van der Waals surface area contributed by atoms with Gasteiger partial charge in [0.2, 0.25) is 5.91 Å². The smallest absolute Gasteiger partial charge is 0.267 e. The normalized spacial score (nSPS) is 14.1. The standard InChI is InChI=1S/C42H81NO6S/c1-3-5-7-9-11-13-15-17-19-21-23-25-27-29-31-33-35-37-41(45)42(46)43-39(38-50(47,48)49)40(44)36-34-32-30-28-26-24-22-20-18-16-14-12-10-8-6-4-2/h26,28,34,36,39-41,44-45H,3-25,27,29-33,35,37-38H2,1-2H3,(H,43,46)(H,47,48,49)/b28-26+,36-34+. The van der Waals surface area contributed by atoms with Crippen LogP contribution in [0, 0.1) is 0 Å². The van der Waals surface area contributed by atoms with Gasteiger partial charge < -0.3 is 15.5 Å². The van der Waals surface area contributed by atoms with E-state index < -0.39 is 40.0 Å². The van der Waals surface area contributed by atoms with E-state index in [9.17, 15) is 28.0 Å². The van der Waals surface area contributed by atoms with Crippen molar-refractivity contribution >= 4 is 16.0 Å². The Labute approximate surface area is 309 Å². The Bertz CT molecular complexity index is 906. The van der Waals surface area contributed by atoms with Crippen LogP contribution < -0.4 is 5.32 Å². The van der Waals surface area contributed by atoms with Crippen LogP contribution in [0.25, 0.3) is 0 Å². The zero-order chi connectivity index (χ0) is 37.0. The molecule has 0 aromatic heterocycles. The fraction of sp³-hybridized carbons (Fsp3) is 0.881. The number of carbonyl (C=O) groups excluding carboxylic acids is 1. The Balaban J connectivity index is 4.04. The quantitative estimate of drug-likeness (QED) is 0.0285. The van der Waals surface area contributed by atoms with Gasteiger partial charge in [-0.05, 0) is 32.1 Å². The van der Waals surface area contributed by atoms with Gasteiger partial charge in [-0.3, -0.25) is 9.35 Å². The van der Waals surface area contributed by atoms with Gasteiger partial charge >= 0.3 is 0 Å².